The smallest absolute Gasteiger partial charge is 0.184 e. The van der Waals surface area contributed by atoms with Gasteiger partial charge in [-0.3, -0.25) is 0 Å². The number of benzene rings is 1. The van der Waals surface area contributed by atoms with Crippen molar-refractivity contribution in [1.29, 1.82) is 5.26 Å². The zero-order valence-corrected chi connectivity index (χ0v) is 11.8. The number of hydrogen-bond donors (Lipinski definition) is 1. The van der Waals surface area contributed by atoms with E-state index in [1.807, 2.05) is 7.05 Å². The molecule has 0 aliphatic carbocycles. The number of hydrogen-bond acceptors (Lipinski definition) is 4. The topological polar surface area (TPSA) is 48.7 Å². The van der Waals surface area contributed by atoms with Crippen molar-refractivity contribution in [2.75, 3.05) is 12.4 Å². The first kappa shape index (κ1) is 12.6. The van der Waals surface area contributed by atoms with Gasteiger partial charge in [0, 0.05) is 12.6 Å². The van der Waals surface area contributed by atoms with Gasteiger partial charge >= 0.3 is 0 Å². The van der Waals surface area contributed by atoms with Crippen molar-refractivity contribution >= 4 is 16.5 Å². The van der Waals surface area contributed by atoms with Gasteiger partial charge in [0.15, 0.2) is 5.13 Å². The Morgan fingerprint density at radius 1 is 1.17 bits per heavy atom. The Kier molecular flexibility index (Phi) is 3.35. The third-order valence-corrected chi connectivity index (χ3v) is 4.02. The van der Waals surface area contributed by atoms with Gasteiger partial charge in [-0.15, -0.1) is 0 Å². The molecule has 92 valence electrons. The van der Waals surface area contributed by atoms with Crippen LogP contribution in [0.3, 0.4) is 0 Å². The zero-order valence-electron chi connectivity index (χ0n) is 11.0. The molecular weight excluding hydrogens is 242 g/mol. The van der Waals surface area contributed by atoms with Gasteiger partial charge in [-0.2, -0.15) is 5.26 Å². The van der Waals surface area contributed by atoms with E-state index < -0.39 is 0 Å². The molecule has 0 aliphatic rings. The highest BCUT2D eigenvalue weighted by Gasteiger charge is 2.14. The van der Waals surface area contributed by atoms with E-state index >= 15 is 0 Å². The Balaban J connectivity index is 2.65. The maximum Gasteiger partial charge on any atom is 0.184 e. The van der Waals surface area contributed by atoms with E-state index in [4.69, 9.17) is 0 Å². The molecule has 2 aromatic rings. The van der Waals surface area contributed by atoms with Gasteiger partial charge in [-0.1, -0.05) is 17.4 Å². The van der Waals surface area contributed by atoms with E-state index in [-0.39, 0.29) is 0 Å². The first-order chi connectivity index (χ1) is 8.56. The minimum absolute atomic E-state index is 0.658. The molecular formula is C14H15N3S. The van der Waals surface area contributed by atoms with Crippen molar-refractivity contribution in [1.82, 2.24) is 4.98 Å². The lowest BCUT2D eigenvalue weighted by molar-refractivity contribution is 1.27. The monoisotopic (exact) mass is 257 g/mol. The summed E-state index contributed by atoms with van der Waals surface area (Å²) in [6, 6.07) is 6.48. The van der Waals surface area contributed by atoms with Gasteiger partial charge in [0.2, 0.25) is 0 Å². The van der Waals surface area contributed by atoms with Gasteiger partial charge in [-0.05, 0) is 43.5 Å². The first-order valence-electron chi connectivity index (χ1n) is 5.73. The van der Waals surface area contributed by atoms with Crippen LogP contribution >= 0.6 is 11.3 Å². The Bertz CT molecular complexity index is 635. The van der Waals surface area contributed by atoms with Crippen LogP contribution in [0.4, 0.5) is 5.13 Å². The number of aryl methyl sites for hydroxylation is 3. The second-order valence-corrected chi connectivity index (χ2v) is 5.31. The molecule has 0 saturated carbocycles. The Hall–Kier alpha value is -1.86. The second-order valence-electron chi connectivity index (χ2n) is 4.31. The number of aromatic nitrogens is 1. The summed E-state index contributed by atoms with van der Waals surface area (Å²) in [6.45, 7) is 6.23. The molecule has 0 bridgehead atoms. The summed E-state index contributed by atoms with van der Waals surface area (Å²) in [4.78, 5) is 5.14. The van der Waals surface area contributed by atoms with Gasteiger partial charge in [0.05, 0.1) is 0 Å². The van der Waals surface area contributed by atoms with Crippen LogP contribution in [0.25, 0.3) is 11.3 Å². The Morgan fingerprint density at radius 2 is 1.83 bits per heavy atom. The van der Waals surface area contributed by atoms with E-state index in [1.54, 1.807) is 0 Å². The van der Waals surface area contributed by atoms with Crippen LogP contribution in [0.5, 0.6) is 0 Å². The third-order valence-electron chi connectivity index (χ3n) is 3.04. The van der Waals surface area contributed by atoms with Crippen molar-refractivity contribution < 1.29 is 0 Å². The molecule has 3 nitrogen and oxygen atoms in total. The average Bonchev–Trinajstić information content (AvgIpc) is 2.77. The molecule has 2 rings (SSSR count). The fraction of sp³-hybridized carbons (Fsp3) is 0.286. The molecule has 0 unspecified atom stereocenters. The van der Waals surface area contributed by atoms with E-state index in [9.17, 15) is 5.26 Å². The van der Waals surface area contributed by atoms with Crippen LogP contribution in [0.15, 0.2) is 12.1 Å². The number of nitriles is 1. The molecule has 18 heavy (non-hydrogen) atoms. The minimum atomic E-state index is 0.658. The van der Waals surface area contributed by atoms with Crippen molar-refractivity contribution in [2.24, 2.45) is 0 Å². The predicted molar refractivity (Wildman–Crippen MR) is 76.0 cm³/mol. The number of nitrogens with one attached hydrogen (secondary N) is 1. The Morgan fingerprint density at radius 3 is 2.44 bits per heavy atom. The van der Waals surface area contributed by atoms with Gasteiger partial charge in [0.25, 0.3) is 0 Å². The molecule has 0 atom stereocenters. The van der Waals surface area contributed by atoms with Crippen LogP contribution in [-0.2, 0) is 0 Å². The Labute approximate surface area is 111 Å². The van der Waals surface area contributed by atoms with Gasteiger partial charge in [-0.25, -0.2) is 4.98 Å². The maximum absolute atomic E-state index is 9.20. The number of nitrogens with zero attached hydrogens (tertiary/aromatic N) is 2. The normalized spacial score (nSPS) is 10.2. The van der Waals surface area contributed by atoms with Crippen LogP contribution in [0, 0.1) is 32.1 Å². The van der Waals surface area contributed by atoms with Crippen molar-refractivity contribution in [3.8, 4) is 17.3 Å². The molecule has 0 saturated heterocycles. The fourth-order valence-corrected chi connectivity index (χ4v) is 2.63. The molecule has 0 fully saturated rings. The lowest BCUT2D eigenvalue weighted by atomic mass is 9.98. The van der Waals surface area contributed by atoms with Gasteiger partial charge in [0.1, 0.15) is 16.6 Å². The molecule has 1 heterocycles. The van der Waals surface area contributed by atoms with Crippen LogP contribution in [0.2, 0.25) is 0 Å². The highest BCUT2D eigenvalue weighted by atomic mass is 32.1. The summed E-state index contributed by atoms with van der Waals surface area (Å²) in [5.74, 6) is 0. The average molecular weight is 257 g/mol. The summed E-state index contributed by atoms with van der Waals surface area (Å²) < 4.78 is 0. The van der Waals surface area contributed by atoms with Crippen LogP contribution < -0.4 is 5.32 Å². The number of rotatable bonds is 2. The molecule has 0 amide bonds. The molecule has 4 heteroatoms. The molecule has 1 N–H and O–H groups in total. The largest absolute Gasteiger partial charge is 0.365 e. The maximum atomic E-state index is 9.20. The summed E-state index contributed by atoms with van der Waals surface area (Å²) in [6.07, 6.45) is 0. The lowest BCUT2D eigenvalue weighted by Gasteiger charge is -2.08. The van der Waals surface area contributed by atoms with Crippen LogP contribution in [0.1, 0.15) is 21.6 Å². The summed E-state index contributed by atoms with van der Waals surface area (Å²) in [7, 11) is 1.82. The molecule has 0 radical (unpaired) electrons. The van der Waals surface area contributed by atoms with Crippen molar-refractivity contribution in [3.05, 3.63) is 33.7 Å². The summed E-state index contributed by atoms with van der Waals surface area (Å²) in [5, 5.41) is 13.0. The molecule has 1 aromatic heterocycles. The van der Waals surface area contributed by atoms with E-state index in [0.29, 0.717) is 4.88 Å². The quantitative estimate of drug-likeness (QED) is 0.893. The highest BCUT2D eigenvalue weighted by molar-refractivity contribution is 7.16. The van der Waals surface area contributed by atoms with E-state index in [1.165, 1.54) is 22.5 Å². The minimum Gasteiger partial charge on any atom is -0.365 e. The van der Waals surface area contributed by atoms with E-state index in [2.05, 4.69) is 49.3 Å². The zero-order chi connectivity index (χ0) is 13.3. The van der Waals surface area contributed by atoms with Crippen molar-refractivity contribution in [2.45, 2.75) is 20.8 Å². The summed E-state index contributed by atoms with van der Waals surface area (Å²) >= 11 is 1.39. The van der Waals surface area contributed by atoms with Crippen molar-refractivity contribution in [3.63, 3.8) is 0 Å². The van der Waals surface area contributed by atoms with E-state index in [0.717, 1.165) is 22.0 Å². The second kappa shape index (κ2) is 4.79. The number of thiazole rings is 1. The fourth-order valence-electron chi connectivity index (χ4n) is 1.90. The number of anilines is 1. The molecule has 1 aromatic carbocycles. The standard InChI is InChI=1S/C14H15N3S/c1-8-5-10(3)11(6-9(8)2)13-12(7-15)18-14(16-4)17-13/h5-6H,1-4H3,(H,16,17). The van der Waals surface area contributed by atoms with Gasteiger partial charge < -0.3 is 5.32 Å². The first-order valence-corrected chi connectivity index (χ1v) is 6.55. The SMILES string of the molecule is CNc1nc(-c2cc(C)c(C)cc2C)c(C#N)s1. The summed E-state index contributed by atoms with van der Waals surface area (Å²) in [5.41, 5.74) is 5.47. The molecule has 0 spiro atoms. The highest BCUT2D eigenvalue weighted by Crippen LogP contribution is 2.33. The predicted octanol–water partition coefficient (Wildman–Crippen LogP) is 3.65. The third kappa shape index (κ3) is 2.09. The molecule has 0 aliphatic heterocycles. The lowest BCUT2D eigenvalue weighted by Crippen LogP contribution is -1.91. The van der Waals surface area contributed by atoms with Crippen LogP contribution in [-0.4, -0.2) is 12.0 Å².